The molecule has 44 heavy (non-hydrogen) atoms. The lowest BCUT2D eigenvalue weighted by Crippen LogP contribution is -2.55. The number of rotatable bonds is 8. The molecule has 10 heteroatoms. The highest BCUT2D eigenvalue weighted by Crippen LogP contribution is 2.31. The van der Waals surface area contributed by atoms with Gasteiger partial charge in [-0.15, -0.1) is 0 Å². The van der Waals surface area contributed by atoms with Gasteiger partial charge in [0.05, 0.1) is 11.8 Å². The second-order valence-corrected chi connectivity index (χ2v) is 11.7. The quantitative estimate of drug-likeness (QED) is 0.365. The van der Waals surface area contributed by atoms with Gasteiger partial charge in [0, 0.05) is 64.0 Å². The van der Waals surface area contributed by atoms with E-state index in [-0.39, 0.29) is 24.6 Å². The molecule has 2 atom stereocenters. The molecule has 2 fully saturated rings. The van der Waals surface area contributed by atoms with Crippen molar-refractivity contribution in [3.8, 4) is 22.6 Å². The van der Waals surface area contributed by atoms with Crippen molar-refractivity contribution in [3.05, 3.63) is 78.9 Å². The van der Waals surface area contributed by atoms with E-state index in [9.17, 15) is 14.7 Å². The van der Waals surface area contributed by atoms with E-state index >= 15 is 0 Å². The van der Waals surface area contributed by atoms with Crippen LogP contribution >= 0.6 is 0 Å². The Morgan fingerprint density at radius 2 is 1.43 bits per heavy atom. The first kappa shape index (κ1) is 29.9. The van der Waals surface area contributed by atoms with Gasteiger partial charge >= 0.3 is 6.03 Å². The standard InChI is InChI=1S/C34H41N5O5/c40-27(23-38-18-20-39(21-19-38)33(41)32-24-43-30-12-6-7-13-31(30)44-32)22-37-16-14-26(15-17-37)35-34(42)36-29-11-5-4-10-28(29)25-8-2-1-3-9-25/h1-13,26-27,32,40H,14-24H2,(H2,35,36,42). The van der Waals surface area contributed by atoms with Crippen LogP contribution in [0, 0.1) is 0 Å². The molecule has 3 N–H and O–H groups in total. The Hall–Kier alpha value is -4.12. The van der Waals surface area contributed by atoms with Crippen molar-refractivity contribution >= 4 is 17.6 Å². The number of para-hydroxylation sites is 3. The van der Waals surface area contributed by atoms with Crippen molar-refractivity contribution in [2.45, 2.75) is 31.1 Å². The zero-order chi connectivity index (χ0) is 30.3. The number of piperidine rings is 1. The molecule has 0 spiro atoms. The van der Waals surface area contributed by atoms with Crippen LogP contribution in [0.1, 0.15) is 12.8 Å². The van der Waals surface area contributed by atoms with Crippen LogP contribution in [0.3, 0.4) is 0 Å². The minimum absolute atomic E-state index is 0.0507. The fourth-order valence-electron chi connectivity index (χ4n) is 6.21. The Morgan fingerprint density at radius 3 is 2.18 bits per heavy atom. The van der Waals surface area contributed by atoms with Gasteiger partial charge in [0.15, 0.2) is 11.5 Å². The third-order valence-corrected chi connectivity index (χ3v) is 8.59. The number of benzene rings is 3. The fraction of sp³-hybridized carbons (Fsp3) is 0.412. The number of amides is 3. The summed E-state index contributed by atoms with van der Waals surface area (Å²) in [4.78, 5) is 32.2. The predicted octanol–water partition coefficient (Wildman–Crippen LogP) is 3.28. The summed E-state index contributed by atoms with van der Waals surface area (Å²) in [5.41, 5.74) is 2.82. The van der Waals surface area contributed by atoms with Gasteiger partial charge in [0.1, 0.15) is 6.61 Å². The highest BCUT2D eigenvalue weighted by Gasteiger charge is 2.33. The van der Waals surface area contributed by atoms with Gasteiger partial charge < -0.3 is 35.0 Å². The Kier molecular flexibility index (Phi) is 9.60. The van der Waals surface area contributed by atoms with Crippen LogP contribution < -0.4 is 20.1 Å². The van der Waals surface area contributed by atoms with Gasteiger partial charge in [0.2, 0.25) is 6.10 Å². The molecule has 0 aliphatic carbocycles. The van der Waals surface area contributed by atoms with E-state index < -0.39 is 12.2 Å². The molecule has 3 aromatic rings. The maximum absolute atomic E-state index is 13.0. The largest absolute Gasteiger partial charge is 0.485 e. The number of likely N-dealkylation sites (tertiary alicyclic amines) is 1. The lowest BCUT2D eigenvalue weighted by Gasteiger charge is -2.38. The maximum atomic E-state index is 13.0. The number of aliphatic hydroxyl groups excluding tert-OH is 1. The van der Waals surface area contributed by atoms with Crippen LogP contribution in [0.4, 0.5) is 10.5 Å². The molecule has 232 valence electrons. The Labute approximate surface area is 258 Å². The van der Waals surface area contributed by atoms with Crippen molar-refractivity contribution in [1.29, 1.82) is 0 Å². The number of aliphatic hydroxyl groups is 1. The van der Waals surface area contributed by atoms with Crippen molar-refractivity contribution in [1.82, 2.24) is 20.0 Å². The minimum atomic E-state index is -0.629. The number of fused-ring (bicyclic) bond motifs is 1. The number of urea groups is 1. The van der Waals surface area contributed by atoms with E-state index in [1.54, 1.807) is 0 Å². The Morgan fingerprint density at radius 1 is 0.795 bits per heavy atom. The molecule has 3 aliphatic heterocycles. The molecule has 10 nitrogen and oxygen atoms in total. The molecule has 3 aliphatic rings. The number of carbonyl (C=O) groups excluding carboxylic acids is 2. The van der Waals surface area contributed by atoms with E-state index in [0.717, 1.165) is 42.7 Å². The summed E-state index contributed by atoms with van der Waals surface area (Å²) in [5.74, 6) is 1.22. The highest BCUT2D eigenvalue weighted by atomic mass is 16.6. The molecule has 6 rings (SSSR count). The summed E-state index contributed by atoms with van der Waals surface area (Å²) in [6.07, 6.45) is 0.555. The van der Waals surface area contributed by atoms with E-state index in [1.807, 2.05) is 83.8 Å². The molecular formula is C34H41N5O5. The first-order valence-electron chi connectivity index (χ1n) is 15.5. The number of piperazine rings is 1. The lowest BCUT2D eigenvalue weighted by atomic mass is 10.0. The third-order valence-electron chi connectivity index (χ3n) is 8.59. The molecular weight excluding hydrogens is 558 g/mol. The van der Waals surface area contributed by atoms with Gasteiger partial charge in [-0.25, -0.2) is 4.79 Å². The molecule has 0 bridgehead atoms. The summed E-state index contributed by atoms with van der Waals surface area (Å²) >= 11 is 0. The van der Waals surface area contributed by atoms with Gasteiger partial charge in [-0.3, -0.25) is 9.69 Å². The molecule has 3 amide bonds. The van der Waals surface area contributed by atoms with Gasteiger partial charge in [0.25, 0.3) is 5.91 Å². The number of hydrogen-bond acceptors (Lipinski definition) is 7. The number of β-amino-alcohol motifs (C(OH)–C–C–N with tert-alkyl or cyclic N) is 1. The molecule has 2 saturated heterocycles. The van der Waals surface area contributed by atoms with Gasteiger partial charge in [-0.2, -0.15) is 0 Å². The van der Waals surface area contributed by atoms with Crippen LogP contribution in [-0.4, -0.2) is 109 Å². The fourth-order valence-corrected chi connectivity index (χ4v) is 6.21. The smallest absolute Gasteiger partial charge is 0.319 e. The van der Waals surface area contributed by atoms with Crippen molar-refractivity contribution < 1.29 is 24.2 Å². The first-order valence-corrected chi connectivity index (χ1v) is 15.5. The van der Waals surface area contributed by atoms with Crippen LogP contribution in [0.5, 0.6) is 11.5 Å². The second kappa shape index (κ2) is 14.1. The summed E-state index contributed by atoms with van der Waals surface area (Å²) in [6.45, 7) is 5.63. The SMILES string of the molecule is O=C(Nc1ccccc1-c1ccccc1)NC1CCN(CC(O)CN2CCN(C(=O)C3COc4ccccc4O3)CC2)CC1. The number of hydrogen-bond donors (Lipinski definition) is 3. The van der Waals surface area contributed by atoms with Crippen LogP contribution in [0.15, 0.2) is 78.9 Å². The Balaban J connectivity index is 0.888. The summed E-state index contributed by atoms with van der Waals surface area (Å²) in [5, 5.41) is 17.0. The van der Waals surface area contributed by atoms with Gasteiger partial charge in [-0.05, 0) is 36.6 Å². The van der Waals surface area contributed by atoms with Crippen molar-refractivity contribution in [2.24, 2.45) is 0 Å². The number of nitrogens with zero attached hydrogens (tertiary/aromatic N) is 3. The van der Waals surface area contributed by atoms with Crippen molar-refractivity contribution in [3.63, 3.8) is 0 Å². The minimum Gasteiger partial charge on any atom is -0.485 e. The highest BCUT2D eigenvalue weighted by molar-refractivity contribution is 5.94. The number of carbonyl (C=O) groups is 2. The zero-order valence-electron chi connectivity index (χ0n) is 24.9. The molecule has 3 heterocycles. The lowest BCUT2D eigenvalue weighted by molar-refractivity contribution is -0.143. The predicted molar refractivity (Wildman–Crippen MR) is 169 cm³/mol. The summed E-state index contributed by atoms with van der Waals surface area (Å²) in [6, 6.07) is 25.1. The monoisotopic (exact) mass is 599 g/mol. The average Bonchev–Trinajstić information content (AvgIpc) is 3.06. The second-order valence-electron chi connectivity index (χ2n) is 11.7. The summed E-state index contributed by atoms with van der Waals surface area (Å²) in [7, 11) is 0. The van der Waals surface area contributed by atoms with Crippen LogP contribution in [-0.2, 0) is 4.79 Å². The molecule has 3 aromatic carbocycles. The molecule has 0 saturated carbocycles. The van der Waals surface area contributed by atoms with E-state index in [2.05, 4.69) is 20.4 Å². The van der Waals surface area contributed by atoms with E-state index in [1.165, 1.54) is 0 Å². The maximum Gasteiger partial charge on any atom is 0.319 e. The zero-order valence-corrected chi connectivity index (χ0v) is 24.9. The molecule has 2 unspecified atom stereocenters. The van der Waals surface area contributed by atoms with E-state index in [0.29, 0.717) is 50.8 Å². The summed E-state index contributed by atoms with van der Waals surface area (Å²) < 4.78 is 11.6. The molecule has 0 radical (unpaired) electrons. The normalized spacial score (nSPS) is 20.1. The number of ether oxygens (including phenoxy) is 2. The van der Waals surface area contributed by atoms with Crippen molar-refractivity contribution in [2.75, 3.05) is 64.3 Å². The van der Waals surface area contributed by atoms with Crippen LogP contribution in [0.2, 0.25) is 0 Å². The van der Waals surface area contributed by atoms with E-state index in [4.69, 9.17) is 9.47 Å². The number of anilines is 1. The van der Waals surface area contributed by atoms with Crippen LogP contribution in [0.25, 0.3) is 11.1 Å². The molecule has 0 aromatic heterocycles. The third kappa shape index (κ3) is 7.50. The first-order chi connectivity index (χ1) is 21.5. The average molecular weight is 600 g/mol. The number of nitrogens with one attached hydrogen (secondary N) is 2. The Bertz CT molecular complexity index is 1410. The van der Waals surface area contributed by atoms with Gasteiger partial charge in [-0.1, -0.05) is 60.7 Å². The topological polar surface area (TPSA) is 107 Å².